The summed E-state index contributed by atoms with van der Waals surface area (Å²) in [5.74, 6) is 0.527. The summed E-state index contributed by atoms with van der Waals surface area (Å²) < 4.78 is 28.6. The van der Waals surface area contributed by atoms with Crippen LogP contribution >= 0.6 is 0 Å². The van der Waals surface area contributed by atoms with E-state index >= 15 is 0 Å². The number of sulfonamides is 1. The minimum Gasteiger partial charge on any atom is -0.370 e. The highest BCUT2D eigenvalue weighted by molar-refractivity contribution is 7.92. The van der Waals surface area contributed by atoms with Crippen molar-refractivity contribution in [2.45, 2.75) is 25.3 Å². The monoisotopic (exact) mass is 295 g/mol. The lowest BCUT2D eigenvalue weighted by Gasteiger charge is -2.07. The molecule has 0 radical (unpaired) electrons. The molecule has 7 nitrogen and oxygen atoms in total. The first kappa shape index (κ1) is 14.3. The maximum absolute atomic E-state index is 12.3. The zero-order valence-electron chi connectivity index (χ0n) is 11.4. The Morgan fingerprint density at radius 3 is 2.80 bits per heavy atom. The van der Waals surface area contributed by atoms with Crippen molar-refractivity contribution in [3.8, 4) is 0 Å². The molecule has 0 aliphatic rings. The normalized spacial score (nSPS) is 11.3. The summed E-state index contributed by atoms with van der Waals surface area (Å²) in [4.78, 5) is 4.21. The second-order valence-corrected chi connectivity index (χ2v) is 5.78. The maximum atomic E-state index is 12.3. The maximum Gasteiger partial charge on any atom is 0.262 e. The lowest BCUT2D eigenvalue weighted by molar-refractivity contribution is 0.601. The molecule has 2 N–H and O–H groups in total. The van der Waals surface area contributed by atoms with Crippen LogP contribution in [-0.4, -0.2) is 29.7 Å². The zero-order valence-corrected chi connectivity index (χ0v) is 12.2. The summed E-state index contributed by atoms with van der Waals surface area (Å²) >= 11 is 0. The molecule has 2 rings (SSSR count). The van der Waals surface area contributed by atoms with E-state index in [2.05, 4.69) is 20.1 Å². The van der Waals surface area contributed by atoms with Crippen LogP contribution in [0.3, 0.4) is 0 Å². The Kier molecular flexibility index (Phi) is 4.23. The van der Waals surface area contributed by atoms with Crippen molar-refractivity contribution in [1.82, 2.24) is 14.8 Å². The number of nitrogens with zero attached hydrogens (tertiary/aromatic N) is 3. The molecule has 0 aliphatic heterocycles. The van der Waals surface area contributed by atoms with Crippen molar-refractivity contribution < 1.29 is 8.42 Å². The average Bonchev–Trinajstić information content (AvgIpc) is 2.86. The van der Waals surface area contributed by atoms with Gasteiger partial charge >= 0.3 is 0 Å². The van der Waals surface area contributed by atoms with Gasteiger partial charge in [-0.15, -0.1) is 0 Å². The van der Waals surface area contributed by atoms with Crippen LogP contribution in [0.2, 0.25) is 0 Å². The first-order valence-electron chi connectivity index (χ1n) is 6.30. The van der Waals surface area contributed by atoms with Gasteiger partial charge in [-0.05, 0) is 19.9 Å². The van der Waals surface area contributed by atoms with Crippen molar-refractivity contribution in [3.63, 3.8) is 0 Å². The second-order valence-electron chi connectivity index (χ2n) is 4.10. The van der Waals surface area contributed by atoms with Gasteiger partial charge in [-0.2, -0.15) is 5.10 Å². The molecule has 0 aromatic carbocycles. The smallest absolute Gasteiger partial charge is 0.262 e. The van der Waals surface area contributed by atoms with Gasteiger partial charge < -0.3 is 5.32 Å². The summed E-state index contributed by atoms with van der Waals surface area (Å²) in [6, 6.07) is 2.95. The minimum atomic E-state index is -3.63. The number of hydrogen-bond donors (Lipinski definition) is 2. The molecule has 8 heteroatoms. The van der Waals surface area contributed by atoms with E-state index in [4.69, 9.17) is 0 Å². The van der Waals surface area contributed by atoms with Gasteiger partial charge in [0.2, 0.25) is 0 Å². The third-order valence-corrected chi connectivity index (χ3v) is 3.99. The Labute approximate surface area is 118 Å². The summed E-state index contributed by atoms with van der Waals surface area (Å²) in [5, 5.41) is 7.00. The van der Waals surface area contributed by atoms with Crippen LogP contribution in [0.15, 0.2) is 35.6 Å². The van der Waals surface area contributed by atoms with E-state index in [9.17, 15) is 8.42 Å². The van der Waals surface area contributed by atoms with E-state index in [1.807, 2.05) is 13.8 Å². The molecule has 2 aromatic heterocycles. The van der Waals surface area contributed by atoms with Gasteiger partial charge in [-0.25, -0.2) is 13.4 Å². The van der Waals surface area contributed by atoms with E-state index in [0.717, 1.165) is 0 Å². The van der Waals surface area contributed by atoms with Gasteiger partial charge in [-0.1, -0.05) is 0 Å². The second kappa shape index (κ2) is 5.91. The van der Waals surface area contributed by atoms with Gasteiger partial charge in [-0.3, -0.25) is 9.40 Å². The van der Waals surface area contributed by atoms with E-state index in [-0.39, 0.29) is 4.90 Å². The van der Waals surface area contributed by atoms with Gasteiger partial charge in [0.1, 0.15) is 5.82 Å². The molecule has 0 saturated carbocycles. The highest BCUT2D eigenvalue weighted by atomic mass is 32.2. The van der Waals surface area contributed by atoms with E-state index in [0.29, 0.717) is 24.6 Å². The summed E-state index contributed by atoms with van der Waals surface area (Å²) in [7, 11) is -3.63. The summed E-state index contributed by atoms with van der Waals surface area (Å²) in [5.41, 5.74) is 0.439. The number of rotatable bonds is 6. The van der Waals surface area contributed by atoms with Crippen LogP contribution in [0.5, 0.6) is 0 Å². The highest BCUT2D eigenvalue weighted by Crippen LogP contribution is 2.17. The molecule has 0 aliphatic carbocycles. The van der Waals surface area contributed by atoms with E-state index in [1.54, 1.807) is 10.9 Å². The molecule has 0 bridgehead atoms. The number of pyridine rings is 1. The number of hydrogen-bond acceptors (Lipinski definition) is 5. The fraction of sp³-hybridized carbons (Fsp3) is 0.333. The molecule has 0 spiro atoms. The minimum absolute atomic E-state index is 0.160. The first-order valence-corrected chi connectivity index (χ1v) is 7.78. The van der Waals surface area contributed by atoms with Crippen LogP contribution < -0.4 is 10.0 Å². The molecule has 0 atom stereocenters. The van der Waals surface area contributed by atoms with Crippen molar-refractivity contribution in [3.05, 3.63) is 30.7 Å². The van der Waals surface area contributed by atoms with E-state index in [1.165, 1.54) is 24.5 Å². The molecule has 108 valence electrons. The number of aryl methyl sites for hydroxylation is 1. The third-order valence-electron chi connectivity index (χ3n) is 2.61. The quantitative estimate of drug-likeness (QED) is 0.843. The molecule has 2 heterocycles. The van der Waals surface area contributed by atoms with Crippen LogP contribution in [-0.2, 0) is 16.6 Å². The SMILES string of the molecule is CCNc1cc(S(=O)(=O)Nc2cnn(CC)c2)ccn1. The van der Waals surface area contributed by atoms with Gasteiger partial charge in [0.15, 0.2) is 0 Å². The zero-order chi connectivity index (χ0) is 14.6. The molecule has 0 saturated heterocycles. The molecular formula is C12H17N5O2S. The van der Waals surface area contributed by atoms with Crippen LogP contribution in [0.25, 0.3) is 0 Å². The molecule has 20 heavy (non-hydrogen) atoms. The Balaban J connectivity index is 2.23. The van der Waals surface area contributed by atoms with Crippen LogP contribution in [0.4, 0.5) is 11.5 Å². The molecule has 0 fully saturated rings. The van der Waals surface area contributed by atoms with Crippen LogP contribution in [0, 0.1) is 0 Å². The standard InChI is InChI=1S/C12H17N5O2S/c1-3-13-12-7-11(5-6-14-12)20(18,19)16-10-8-15-17(4-2)9-10/h5-9,16H,3-4H2,1-2H3,(H,13,14). The number of nitrogens with one attached hydrogen (secondary N) is 2. The Morgan fingerprint density at radius 1 is 1.35 bits per heavy atom. The Bertz CT molecular complexity index is 681. The fourth-order valence-corrected chi connectivity index (χ4v) is 2.70. The van der Waals surface area contributed by atoms with Crippen molar-refractivity contribution >= 4 is 21.5 Å². The van der Waals surface area contributed by atoms with Crippen molar-refractivity contribution in [2.24, 2.45) is 0 Å². The predicted molar refractivity (Wildman–Crippen MR) is 77.1 cm³/mol. The van der Waals surface area contributed by atoms with Crippen LogP contribution in [0.1, 0.15) is 13.8 Å². The lowest BCUT2D eigenvalue weighted by atomic mass is 10.4. The fourth-order valence-electron chi connectivity index (χ4n) is 1.66. The van der Waals surface area contributed by atoms with E-state index < -0.39 is 10.0 Å². The predicted octanol–water partition coefficient (Wildman–Crippen LogP) is 1.53. The molecule has 0 unspecified atom stereocenters. The number of anilines is 2. The van der Waals surface area contributed by atoms with Gasteiger partial charge in [0.25, 0.3) is 10.0 Å². The molecule has 2 aromatic rings. The van der Waals surface area contributed by atoms with Gasteiger partial charge in [0, 0.05) is 31.5 Å². The average molecular weight is 295 g/mol. The lowest BCUT2D eigenvalue weighted by Crippen LogP contribution is -2.13. The Hall–Kier alpha value is -2.09. The van der Waals surface area contributed by atoms with Gasteiger partial charge in [0.05, 0.1) is 16.8 Å². The highest BCUT2D eigenvalue weighted by Gasteiger charge is 2.15. The molecular weight excluding hydrogens is 278 g/mol. The Morgan fingerprint density at radius 2 is 2.15 bits per heavy atom. The molecule has 0 amide bonds. The largest absolute Gasteiger partial charge is 0.370 e. The summed E-state index contributed by atoms with van der Waals surface area (Å²) in [6.45, 7) is 5.20. The topological polar surface area (TPSA) is 88.9 Å². The van der Waals surface area contributed by atoms with Crippen molar-refractivity contribution in [1.29, 1.82) is 0 Å². The first-order chi connectivity index (χ1) is 9.55. The summed E-state index contributed by atoms with van der Waals surface area (Å²) in [6.07, 6.45) is 4.58. The van der Waals surface area contributed by atoms with Crippen molar-refractivity contribution in [2.75, 3.05) is 16.6 Å². The third kappa shape index (κ3) is 3.27. The number of aromatic nitrogens is 3.